The maximum Gasteiger partial charge on any atom is 0.183 e. The van der Waals surface area contributed by atoms with Gasteiger partial charge in [-0.2, -0.15) is 0 Å². The molecule has 5 heteroatoms. The van der Waals surface area contributed by atoms with Gasteiger partial charge in [0.2, 0.25) is 0 Å². The van der Waals surface area contributed by atoms with Gasteiger partial charge in [0.15, 0.2) is 6.29 Å². The van der Waals surface area contributed by atoms with E-state index < -0.39 is 18.5 Å². The first-order valence-electron chi connectivity index (χ1n) is 3.40. The van der Waals surface area contributed by atoms with Crippen LogP contribution in [0.15, 0.2) is 0 Å². The van der Waals surface area contributed by atoms with Crippen LogP contribution in [0.2, 0.25) is 0 Å². The Kier molecular flexibility index (Phi) is 3.27. The Labute approximate surface area is 72.9 Å². The summed E-state index contributed by atoms with van der Waals surface area (Å²) in [6, 6.07) is 0. The molecule has 4 atom stereocenters. The summed E-state index contributed by atoms with van der Waals surface area (Å²) in [4.78, 5) is 0. The van der Waals surface area contributed by atoms with Crippen LogP contribution in [0.4, 0.5) is 0 Å². The van der Waals surface area contributed by atoms with Crippen molar-refractivity contribution < 1.29 is 20.1 Å². The number of alkyl halides is 1. The van der Waals surface area contributed by atoms with E-state index in [1.807, 2.05) is 0 Å². The molecule has 1 aliphatic heterocycles. The van der Waals surface area contributed by atoms with Crippen molar-refractivity contribution in [3.8, 4) is 0 Å². The lowest BCUT2D eigenvalue weighted by atomic mass is 10.0. The van der Waals surface area contributed by atoms with Crippen molar-refractivity contribution >= 4 is 15.9 Å². The van der Waals surface area contributed by atoms with Crippen molar-refractivity contribution in [2.75, 3.05) is 5.33 Å². The minimum atomic E-state index is -1.26. The van der Waals surface area contributed by atoms with E-state index in [-0.39, 0.29) is 6.10 Å². The van der Waals surface area contributed by atoms with Gasteiger partial charge < -0.3 is 20.1 Å². The van der Waals surface area contributed by atoms with Crippen molar-refractivity contribution in [3.63, 3.8) is 0 Å². The highest BCUT2D eigenvalue weighted by atomic mass is 79.9. The number of rotatable bonds is 1. The number of halogens is 1. The van der Waals surface area contributed by atoms with Gasteiger partial charge in [-0.3, -0.25) is 0 Å². The second-order valence-electron chi connectivity index (χ2n) is 2.60. The first kappa shape index (κ1) is 9.41. The quantitative estimate of drug-likeness (QED) is 0.513. The maximum absolute atomic E-state index is 9.14. The minimum Gasteiger partial charge on any atom is -0.390 e. The fourth-order valence-corrected chi connectivity index (χ4v) is 1.45. The normalized spacial score (nSPS) is 45.8. The second kappa shape index (κ2) is 3.82. The van der Waals surface area contributed by atoms with Crippen LogP contribution in [0.25, 0.3) is 0 Å². The molecule has 0 aromatic heterocycles. The second-order valence-corrected chi connectivity index (χ2v) is 3.24. The molecule has 0 radical (unpaired) electrons. The average Bonchev–Trinajstić information content (AvgIpc) is 1.99. The molecule has 0 spiro atoms. The van der Waals surface area contributed by atoms with Gasteiger partial charge >= 0.3 is 0 Å². The van der Waals surface area contributed by atoms with E-state index in [0.717, 1.165) is 0 Å². The van der Waals surface area contributed by atoms with Crippen LogP contribution in [0.3, 0.4) is 0 Å². The predicted molar refractivity (Wildman–Crippen MR) is 41.3 cm³/mol. The third-order valence-corrected chi connectivity index (χ3v) is 2.42. The molecule has 1 saturated heterocycles. The van der Waals surface area contributed by atoms with Crippen LogP contribution < -0.4 is 0 Å². The Balaban J connectivity index is 2.47. The maximum atomic E-state index is 9.14. The number of aliphatic hydroxyl groups is 3. The lowest BCUT2D eigenvalue weighted by molar-refractivity contribution is -0.241. The molecule has 4 nitrogen and oxygen atoms in total. The summed E-state index contributed by atoms with van der Waals surface area (Å²) in [7, 11) is 0. The average molecular weight is 227 g/mol. The van der Waals surface area contributed by atoms with Crippen molar-refractivity contribution in [3.05, 3.63) is 0 Å². The third kappa shape index (κ3) is 2.13. The number of hydrogen-bond acceptors (Lipinski definition) is 4. The Morgan fingerprint density at radius 1 is 1.36 bits per heavy atom. The van der Waals surface area contributed by atoms with E-state index in [1.165, 1.54) is 0 Å². The van der Waals surface area contributed by atoms with Crippen molar-refractivity contribution in [2.24, 2.45) is 0 Å². The molecule has 0 aliphatic carbocycles. The van der Waals surface area contributed by atoms with Crippen LogP contribution in [0, 0.1) is 0 Å². The van der Waals surface area contributed by atoms with Gasteiger partial charge in [0.05, 0.1) is 12.2 Å². The SMILES string of the molecule is OC1CC(CBr)OC(O)C1O. The molecule has 3 N–H and O–H groups in total. The Bertz CT molecular complexity index is 120. The predicted octanol–water partition coefficient (Wildman–Crippen LogP) is -0.790. The van der Waals surface area contributed by atoms with E-state index in [9.17, 15) is 0 Å². The van der Waals surface area contributed by atoms with Crippen molar-refractivity contribution in [2.45, 2.75) is 31.0 Å². The molecule has 0 aromatic rings. The van der Waals surface area contributed by atoms with Crippen LogP contribution in [0.5, 0.6) is 0 Å². The molecule has 11 heavy (non-hydrogen) atoms. The summed E-state index contributed by atoms with van der Waals surface area (Å²) in [6.45, 7) is 0. The van der Waals surface area contributed by atoms with Gasteiger partial charge in [0, 0.05) is 11.8 Å². The van der Waals surface area contributed by atoms with Crippen LogP contribution in [0.1, 0.15) is 6.42 Å². The van der Waals surface area contributed by atoms with E-state index in [2.05, 4.69) is 15.9 Å². The lowest BCUT2D eigenvalue weighted by Crippen LogP contribution is -2.48. The number of aliphatic hydroxyl groups excluding tert-OH is 3. The minimum absolute atomic E-state index is 0.219. The van der Waals surface area contributed by atoms with E-state index in [0.29, 0.717) is 11.8 Å². The summed E-state index contributed by atoms with van der Waals surface area (Å²) >= 11 is 3.16. The fraction of sp³-hybridized carbons (Fsp3) is 1.00. The zero-order valence-electron chi connectivity index (χ0n) is 5.85. The van der Waals surface area contributed by atoms with E-state index in [1.54, 1.807) is 0 Å². The standard InChI is InChI=1S/C6H11BrO4/c7-2-3-1-4(8)5(9)6(10)11-3/h3-6,8-10H,1-2H2. The zero-order valence-corrected chi connectivity index (χ0v) is 7.44. The third-order valence-electron chi connectivity index (χ3n) is 1.69. The molecule has 1 heterocycles. The summed E-state index contributed by atoms with van der Waals surface area (Å²) in [5.74, 6) is 0. The molecule has 66 valence electrons. The summed E-state index contributed by atoms with van der Waals surface area (Å²) < 4.78 is 4.92. The monoisotopic (exact) mass is 226 g/mol. The topological polar surface area (TPSA) is 69.9 Å². The zero-order chi connectivity index (χ0) is 8.43. The largest absolute Gasteiger partial charge is 0.390 e. The summed E-state index contributed by atoms with van der Waals surface area (Å²) in [6.07, 6.45) is -3.19. The van der Waals surface area contributed by atoms with Crippen LogP contribution in [-0.4, -0.2) is 45.3 Å². The van der Waals surface area contributed by atoms with Crippen LogP contribution in [-0.2, 0) is 4.74 Å². The van der Waals surface area contributed by atoms with Gasteiger partial charge in [-0.25, -0.2) is 0 Å². The summed E-state index contributed by atoms with van der Waals surface area (Å²) in [5, 5.41) is 27.7. The Hall–Kier alpha value is 0.320. The molecule has 1 rings (SSSR count). The van der Waals surface area contributed by atoms with E-state index in [4.69, 9.17) is 20.1 Å². The molecule has 0 saturated carbocycles. The molecule has 0 aromatic carbocycles. The number of hydrogen-bond donors (Lipinski definition) is 3. The molecule has 0 amide bonds. The Morgan fingerprint density at radius 3 is 2.45 bits per heavy atom. The van der Waals surface area contributed by atoms with Gasteiger partial charge in [0.1, 0.15) is 6.10 Å². The van der Waals surface area contributed by atoms with Gasteiger partial charge in [-0.05, 0) is 0 Å². The highest BCUT2D eigenvalue weighted by Crippen LogP contribution is 2.19. The van der Waals surface area contributed by atoms with Crippen molar-refractivity contribution in [1.29, 1.82) is 0 Å². The molecule has 4 unspecified atom stereocenters. The Morgan fingerprint density at radius 2 is 2.00 bits per heavy atom. The lowest BCUT2D eigenvalue weighted by Gasteiger charge is -2.33. The first-order valence-corrected chi connectivity index (χ1v) is 4.53. The summed E-state index contributed by atoms with van der Waals surface area (Å²) in [5.41, 5.74) is 0. The number of ether oxygens (including phenoxy) is 1. The molecule has 1 aliphatic rings. The fourth-order valence-electron chi connectivity index (χ4n) is 1.03. The molecule has 0 bridgehead atoms. The highest BCUT2D eigenvalue weighted by Gasteiger charge is 2.34. The smallest absolute Gasteiger partial charge is 0.183 e. The van der Waals surface area contributed by atoms with Gasteiger partial charge in [-0.15, -0.1) is 0 Å². The molecule has 1 fully saturated rings. The first-order chi connectivity index (χ1) is 5.15. The van der Waals surface area contributed by atoms with Gasteiger partial charge in [0.25, 0.3) is 0 Å². The van der Waals surface area contributed by atoms with Gasteiger partial charge in [-0.1, -0.05) is 15.9 Å². The molecular formula is C6H11BrO4. The van der Waals surface area contributed by atoms with E-state index >= 15 is 0 Å². The molecular weight excluding hydrogens is 216 g/mol. The van der Waals surface area contributed by atoms with Crippen molar-refractivity contribution in [1.82, 2.24) is 0 Å². The highest BCUT2D eigenvalue weighted by molar-refractivity contribution is 9.09. The van der Waals surface area contributed by atoms with Crippen LogP contribution >= 0.6 is 15.9 Å².